The Morgan fingerprint density at radius 3 is 2.59 bits per heavy atom. The number of nitrogens with one attached hydrogen (secondary N) is 2. The van der Waals surface area contributed by atoms with E-state index in [4.69, 9.17) is 4.74 Å². The summed E-state index contributed by atoms with van der Waals surface area (Å²) in [5.74, 6) is -0.239. The summed E-state index contributed by atoms with van der Waals surface area (Å²) >= 11 is 0. The van der Waals surface area contributed by atoms with E-state index >= 15 is 0 Å². The lowest BCUT2D eigenvalue weighted by atomic mass is 10.0. The molecule has 0 fully saturated rings. The summed E-state index contributed by atoms with van der Waals surface area (Å²) in [7, 11) is 0. The molecule has 1 aromatic rings. The normalized spacial score (nSPS) is 14.3. The van der Waals surface area contributed by atoms with Gasteiger partial charge in [-0.05, 0) is 51.8 Å². The third-order valence-electron chi connectivity index (χ3n) is 3.10. The average molecular weight is 310 g/mol. The first-order valence-electron chi connectivity index (χ1n) is 7.69. The zero-order chi connectivity index (χ0) is 16.8. The maximum absolute atomic E-state index is 13.3. The van der Waals surface area contributed by atoms with E-state index in [0.717, 1.165) is 12.0 Å². The predicted octanol–water partition coefficient (Wildman–Crippen LogP) is 3.78. The second-order valence-electron chi connectivity index (χ2n) is 6.47. The lowest BCUT2D eigenvalue weighted by molar-refractivity contribution is 0.0522. The lowest BCUT2D eigenvalue weighted by Crippen LogP contribution is -2.42. The quantitative estimate of drug-likeness (QED) is 0.840. The number of carbonyl (C=O) groups is 1. The van der Waals surface area contributed by atoms with E-state index in [2.05, 4.69) is 10.6 Å². The molecule has 0 bridgehead atoms. The van der Waals surface area contributed by atoms with Gasteiger partial charge in [0.15, 0.2) is 0 Å². The molecule has 124 valence electrons. The number of alkyl carbamates (subject to hydrolysis) is 1. The minimum atomic E-state index is -0.506. The molecule has 0 aliphatic rings. The Kier molecular flexibility index (Phi) is 6.81. The molecular weight excluding hydrogens is 283 g/mol. The Hall–Kier alpha value is -1.62. The van der Waals surface area contributed by atoms with Crippen LogP contribution in [0.2, 0.25) is 0 Å². The van der Waals surface area contributed by atoms with Gasteiger partial charge in [-0.1, -0.05) is 19.1 Å². The predicted molar refractivity (Wildman–Crippen MR) is 86.3 cm³/mol. The first kappa shape index (κ1) is 18.4. The van der Waals surface area contributed by atoms with E-state index in [-0.39, 0.29) is 17.9 Å². The molecule has 0 aliphatic heterocycles. The van der Waals surface area contributed by atoms with Crippen LogP contribution in [-0.4, -0.2) is 24.3 Å². The Labute approximate surface area is 132 Å². The van der Waals surface area contributed by atoms with E-state index in [9.17, 15) is 9.18 Å². The highest BCUT2D eigenvalue weighted by Gasteiger charge is 2.17. The molecule has 1 rings (SSSR count). The molecule has 0 aromatic heterocycles. The summed E-state index contributed by atoms with van der Waals surface area (Å²) in [6.45, 7) is 9.93. The average Bonchev–Trinajstić information content (AvgIpc) is 2.40. The Balaban J connectivity index is 2.49. The van der Waals surface area contributed by atoms with Gasteiger partial charge < -0.3 is 15.4 Å². The second kappa shape index (κ2) is 8.13. The van der Waals surface area contributed by atoms with Crippen molar-refractivity contribution in [2.75, 3.05) is 6.54 Å². The van der Waals surface area contributed by atoms with E-state index in [1.54, 1.807) is 6.07 Å². The Bertz CT molecular complexity index is 486. The van der Waals surface area contributed by atoms with Crippen molar-refractivity contribution in [2.24, 2.45) is 0 Å². The van der Waals surface area contributed by atoms with Gasteiger partial charge in [-0.2, -0.15) is 0 Å². The largest absolute Gasteiger partial charge is 0.444 e. The molecule has 1 amide bonds. The zero-order valence-electron chi connectivity index (χ0n) is 14.1. The zero-order valence-corrected chi connectivity index (χ0v) is 14.1. The van der Waals surface area contributed by atoms with Crippen molar-refractivity contribution in [3.63, 3.8) is 0 Å². The van der Waals surface area contributed by atoms with Crippen molar-refractivity contribution in [3.8, 4) is 0 Å². The molecule has 0 spiro atoms. The van der Waals surface area contributed by atoms with Crippen LogP contribution in [0.1, 0.15) is 52.6 Å². The van der Waals surface area contributed by atoms with Gasteiger partial charge in [0, 0.05) is 18.6 Å². The van der Waals surface area contributed by atoms with Crippen LogP contribution in [0, 0.1) is 5.82 Å². The van der Waals surface area contributed by atoms with Crippen LogP contribution in [0.25, 0.3) is 0 Å². The summed E-state index contributed by atoms with van der Waals surface area (Å²) < 4.78 is 18.5. The Morgan fingerprint density at radius 2 is 2.05 bits per heavy atom. The number of carbonyl (C=O) groups excluding carboxylic acids is 1. The number of halogens is 1. The van der Waals surface area contributed by atoms with Crippen LogP contribution in [-0.2, 0) is 4.74 Å². The third-order valence-corrected chi connectivity index (χ3v) is 3.10. The number of hydrogen-bond acceptors (Lipinski definition) is 3. The molecule has 5 heteroatoms. The van der Waals surface area contributed by atoms with Crippen LogP contribution >= 0.6 is 0 Å². The minimum absolute atomic E-state index is 0.0423. The van der Waals surface area contributed by atoms with Crippen molar-refractivity contribution in [1.82, 2.24) is 10.6 Å². The van der Waals surface area contributed by atoms with Crippen LogP contribution < -0.4 is 10.6 Å². The van der Waals surface area contributed by atoms with Crippen LogP contribution in [0.4, 0.5) is 9.18 Å². The maximum atomic E-state index is 13.3. The molecule has 1 aromatic carbocycles. The van der Waals surface area contributed by atoms with Gasteiger partial charge in [0.05, 0.1) is 0 Å². The lowest BCUT2D eigenvalue weighted by Gasteiger charge is -2.24. The molecule has 0 saturated heterocycles. The van der Waals surface area contributed by atoms with E-state index in [0.29, 0.717) is 6.54 Å². The Morgan fingerprint density at radius 1 is 1.36 bits per heavy atom. The van der Waals surface area contributed by atoms with Crippen molar-refractivity contribution >= 4 is 6.09 Å². The molecule has 2 atom stereocenters. The van der Waals surface area contributed by atoms with Gasteiger partial charge in [0.2, 0.25) is 0 Å². The fourth-order valence-corrected chi connectivity index (χ4v) is 2.13. The summed E-state index contributed by atoms with van der Waals surface area (Å²) in [5, 5.41) is 6.12. The first-order valence-corrected chi connectivity index (χ1v) is 7.69. The standard InChI is InChI=1S/C17H27FN2O2/c1-6-15(13-8-7-9-14(18)10-13)20-12(2)11-19-16(21)22-17(3,4)5/h7-10,12,15,20H,6,11H2,1-5H3,(H,19,21). The number of rotatable bonds is 6. The second-order valence-corrected chi connectivity index (χ2v) is 6.47. The summed E-state index contributed by atoms with van der Waals surface area (Å²) in [4.78, 5) is 11.6. The fourth-order valence-electron chi connectivity index (χ4n) is 2.13. The van der Waals surface area contributed by atoms with E-state index < -0.39 is 11.7 Å². The molecule has 0 saturated carbocycles. The summed E-state index contributed by atoms with van der Waals surface area (Å²) in [6, 6.07) is 6.67. The van der Waals surface area contributed by atoms with Crippen molar-refractivity contribution in [2.45, 2.75) is 58.7 Å². The van der Waals surface area contributed by atoms with Gasteiger partial charge in [-0.15, -0.1) is 0 Å². The van der Waals surface area contributed by atoms with E-state index in [1.807, 2.05) is 40.7 Å². The summed E-state index contributed by atoms with van der Waals surface area (Å²) in [6.07, 6.45) is 0.403. The maximum Gasteiger partial charge on any atom is 0.407 e. The topological polar surface area (TPSA) is 50.4 Å². The van der Waals surface area contributed by atoms with Crippen molar-refractivity contribution < 1.29 is 13.9 Å². The third kappa shape index (κ3) is 6.89. The molecule has 0 aliphatic carbocycles. The monoisotopic (exact) mass is 310 g/mol. The highest BCUT2D eigenvalue weighted by molar-refractivity contribution is 5.67. The fraction of sp³-hybridized carbons (Fsp3) is 0.588. The van der Waals surface area contributed by atoms with Gasteiger partial charge in [0.25, 0.3) is 0 Å². The SMILES string of the molecule is CCC(NC(C)CNC(=O)OC(C)(C)C)c1cccc(F)c1. The molecule has 22 heavy (non-hydrogen) atoms. The molecule has 0 heterocycles. The molecule has 0 radical (unpaired) electrons. The van der Waals surface area contributed by atoms with Gasteiger partial charge in [0.1, 0.15) is 11.4 Å². The minimum Gasteiger partial charge on any atom is -0.444 e. The molecule has 2 unspecified atom stereocenters. The van der Waals surface area contributed by atoms with Gasteiger partial charge in [-0.25, -0.2) is 9.18 Å². The van der Waals surface area contributed by atoms with Crippen LogP contribution in [0.5, 0.6) is 0 Å². The van der Waals surface area contributed by atoms with Crippen LogP contribution in [0.3, 0.4) is 0 Å². The number of ether oxygens (including phenoxy) is 1. The molecular formula is C17H27FN2O2. The molecule has 4 nitrogen and oxygen atoms in total. The van der Waals surface area contributed by atoms with Crippen molar-refractivity contribution in [1.29, 1.82) is 0 Å². The number of amides is 1. The summed E-state index contributed by atoms with van der Waals surface area (Å²) in [5.41, 5.74) is 0.403. The van der Waals surface area contributed by atoms with Gasteiger partial charge in [-0.3, -0.25) is 0 Å². The first-order chi connectivity index (χ1) is 10.2. The number of benzene rings is 1. The number of hydrogen-bond donors (Lipinski definition) is 2. The molecule has 2 N–H and O–H groups in total. The highest BCUT2D eigenvalue weighted by atomic mass is 19.1. The van der Waals surface area contributed by atoms with E-state index in [1.165, 1.54) is 12.1 Å². The smallest absolute Gasteiger partial charge is 0.407 e. The van der Waals surface area contributed by atoms with Crippen LogP contribution in [0.15, 0.2) is 24.3 Å². The highest BCUT2D eigenvalue weighted by Crippen LogP contribution is 2.18. The van der Waals surface area contributed by atoms with Gasteiger partial charge >= 0.3 is 6.09 Å². The van der Waals surface area contributed by atoms with Crippen molar-refractivity contribution in [3.05, 3.63) is 35.6 Å².